The summed E-state index contributed by atoms with van der Waals surface area (Å²) < 4.78 is 0. The number of carbonyl (C=O) groups is 1. The van der Waals surface area contributed by atoms with E-state index in [0.717, 1.165) is 17.5 Å². The molecule has 0 radical (unpaired) electrons. The molecule has 1 heterocycles. The highest BCUT2D eigenvalue weighted by molar-refractivity contribution is 7.99. The molecule has 0 aliphatic rings. The first-order valence-corrected chi connectivity index (χ1v) is 10.0. The average molecular weight is 401 g/mol. The van der Waals surface area contributed by atoms with Crippen LogP contribution in [0.25, 0.3) is 11.4 Å². The monoisotopic (exact) mass is 400 g/mol. The van der Waals surface area contributed by atoms with Gasteiger partial charge in [0.2, 0.25) is 11.1 Å². The molecule has 0 bridgehead atoms. The maximum absolute atomic E-state index is 12.4. The van der Waals surface area contributed by atoms with Crippen molar-refractivity contribution in [2.75, 3.05) is 12.8 Å². The Morgan fingerprint density at radius 2 is 1.96 bits per heavy atom. The Balaban J connectivity index is 1.55. The van der Waals surface area contributed by atoms with Gasteiger partial charge in [-0.2, -0.15) is 0 Å². The predicted octanol–water partition coefficient (Wildman–Crippen LogP) is 4.44. The highest BCUT2D eigenvalue weighted by atomic mass is 35.5. The smallest absolute Gasteiger partial charge is 0.233 e. The van der Waals surface area contributed by atoms with Crippen LogP contribution in [-0.4, -0.2) is 38.8 Å². The van der Waals surface area contributed by atoms with E-state index >= 15 is 0 Å². The fourth-order valence-corrected chi connectivity index (χ4v) is 3.52. The van der Waals surface area contributed by atoms with E-state index in [1.807, 2.05) is 36.4 Å². The van der Waals surface area contributed by atoms with Gasteiger partial charge in [-0.25, -0.2) is 4.98 Å². The molecule has 0 saturated carbocycles. The van der Waals surface area contributed by atoms with Crippen LogP contribution in [0.4, 0.5) is 0 Å². The lowest BCUT2D eigenvalue weighted by Gasteiger charge is -2.16. The van der Waals surface area contributed by atoms with Gasteiger partial charge in [0.05, 0.1) is 5.75 Å². The predicted molar refractivity (Wildman–Crippen MR) is 110 cm³/mol. The van der Waals surface area contributed by atoms with Gasteiger partial charge in [0.15, 0.2) is 5.82 Å². The second-order valence-electron chi connectivity index (χ2n) is 6.19. The van der Waals surface area contributed by atoms with E-state index in [2.05, 4.69) is 34.2 Å². The summed E-state index contributed by atoms with van der Waals surface area (Å²) in [4.78, 5) is 18.5. The molecule has 0 atom stereocenters. The van der Waals surface area contributed by atoms with E-state index in [9.17, 15) is 4.79 Å². The minimum absolute atomic E-state index is 0.0126. The molecule has 1 amide bonds. The number of rotatable bonds is 7. The van der Waals surface area contributed by atoms with Crippen LogP contribution in [0.1, 0.15) is 18.1 Å². The number of aromatic amines is 1. The number of benzene rings is 2. The SMILES string of the molecule is CCc1ccc(-c2nc(SCC(=O)N(C)Cc3cccc(Cl)c3)n[nH]2)cc1. The molecule has 3 rings (SSSR count). The lowest BCUT2D eigenvalue weighted by molar-refractivity contribution is -0.127. The summed E-state index contributed by atoms with van der Waals surface area (Å²) in [7, 11) is 1.78. The number of aryl methyl sites for hydroxylation is 1. The van der Waals surface area contributed by atoms with Crippen molar-refractivity contribution in [3.8, 4) is 11.4 Å². The molecular weight excluding hydrogens is 380 g/mol. The number of H-pyrrole nitrogens is 1. The van der Waals surface area contributed by atoms with Crippen LogP contribution in [0.2, 0.25) is 5.02 Å². The Morgan fingerprint density at radius 3 is 2.67 bits per heavy atom. The first-order valence-electron chi connectivity index (χ1n) is 8.68. The van der Waals surface area contributed by atoms with Gasteiger partial charge in [-0.15, -0.1) is 5.10 Å². The highest BCUT2D eigenvalue weighted by Gasteiger charge is 2.13. The summed E-state index contributed by atoms with van der Waals surface area (Å²) in [5.74, 6) is 1.00. The third kappa shape index (κ3) is 5.34. The number of halogens is 1. The zero-order valence-corrected chi connectivity index (χ0v) is 16.8. The van der Waals surface area contributed by atoms with Gasteiger partial charge < -0.3 is 4.90 Å². The second kappa shape index (κ2) is 9.06. The Labute approximate surface area is 168 Å². The fraction of sp³-hybridized carbons (Fsp3) is 0.250. The quantitative estimate of drug-likeness (QED) is 0.595. The van der Waals surface area contributed by atoms with Gasteiger partial charge in [-0.3, -0.25) is 9.89 Å². The zero-order chi connectivity index (χ0) is 19.2. The molecule has 5 nitrogen and oxygen atoms in total. The molecule has 0 spiro atoms. The zero-order valence-electron chi connectivity index (χ0n) is 15.3. The summed E-state index contributed by atoms with van der Waals surface area (Å²) in [5, 5.41) is 8.37. The molecule has 1 N–H and O–H groups in total. The molecular formula is C20H21ClN4OS. The lowest BCUT2D eigenvalue weighted by atomic mass is 10.1. The van der Waals surface area contributed by atoms with Crippen molar-refractivity contribution in [1.29, 1.82) is 0 Å². The molecule has 7 heteroatoms. The topological polar surface area (TPSA) is 61.9 Å². The van der Waals surface area contributed by atoms with Gasteiger partial charge >= 0.3 is 0 Å². The van der Waals surface area contributed by atoms with E-state index in [1.54, 1.807) is 11.9 Å². The van der Waals surface area contributed by atoms with Crippen molar-refractivity contribution in [2.24, 2.45) is 0 Å². The first-order chi connectivity index (χ1) is 13.0. The van der Waals surface area contributed by atoms with E-state index in [1.165, 1.54) is 17.3 Å². The number of carbonyl (C=O) groups excluding carboxylic acids is 1. The van der Waals surface area contributed by atoms with Crippen molar-refractivity contribution < 1.29 is 4.79 Å². The molecule has 0 fully saturated rings. The molecule has 0 unspecified atom stereocenters. The molecule has 0 aliphatic heterocycles. The van der Waals surface area contributed by atoms with Gasteiger partial charge in [0, 0.05) is 24.2 Å². The van der Waals surface area contributed by atoms with E-state index in [-0.39, 0.29) is 11.7 Å². The van der Waals surface area contributed by atoms with Gasteiger partial charge in [0.25, 0.3) is 0 Å². The number of nitrogens with one attached hydrogen (secondary N) is 1. The van der Waals surface area contributed by atoms with Crippen molar-refractivity contribution in [3.63, 3.8) is 0 Å². The largest absolute Gasteiger partial charge is 0.341 e. The Hall–Kier alpha value is -2.31. The lowest BCUT2D eigenvalue weighted by Crippen LogP contribution is -2.27. The van der Waals surface area contributed by atoms with Crippen LogP contribution in [0, 0.1) is 0 Å². The molecule has 27 heavy (non-hydrogen) atoms. The normalized spacial score (nSPS) is 10.8. The molecule has 0 aliphatic carbocycles. The number of thioether (sulfide) groups is 1. The second-order valence-corrected chi connectivity index (χ2v) is 7.56. The average Bonchev–Trinajstić information content (AvgIpc) is 3.15. The van der Waals surface area contributed by atoms with Crippen molar-refractivity contribution >= 4 is 29.3 Å². The Morgan fingerprint density at radius 1 is 1.19 bits per heavy atom. The standard InChI is InChI=1S/C20H21ClN4OS/c1-3-14-7-9-16(10-8-14)19-22-20(24-23-19)27-13-18(26)25(2)12-15-5-4-6-17(21)11-15/h4-11H,3,12-13H2,1-2H3,(H,22,23,24). The van der Waals surface area contributed by atoms with E-state index in [4.69, 9.17) is 11.6 Å². The van der Waals surface area contributed by atoms with E-state index in [0.29, 0.717) is 22.5 Å². The van der Waals surface area contributed by atoms with Crippen molar-refractivity contribution in [3.05, 3.63) is 64.7 Å². The molecule has 140 valence electrons. The van der Waals surface area contributed by atoms with Gasteiger partial charge in [0.1, 0.15) is 0 Å². The van der Waals surface area contributed by atoms with Crippen LogP contribution < -0.4 is 0 Å². The van der Waals surface area contributed by atoms with Crippen LogP contribution in [0.5, 0.6) is 0 Å². The number of amides is 1. The van der Waals surface area contributed by atoms with Gasteiger partial charge in [-0.1, -0.05) is 66.7 Å². The maximum atomic E-state index is 12.4. The number of aromatic nitrogens is 3. The minimum atomic E-state index is 0.0126. The molecule has 0 saturated heterocycles. The molecule has 2 aromatic carbocycles. The van der Waals surface area contributed by atoms with Crippen LogP contribution >= 0.6 is 23.4 Å². The number of nitrogens with zero attached hydrogens (tertiary/aromatic N) is 3. The highest BCUT2D eigenvalue weighted by Crippen LogP contribution is 2.20. The maximum Gasteiger partial charge on any atom is 0.233 e. The first kappa shape index (κ1) is 19.5. The number of hydrogen-bond acceptors (Lipinski definition) is 4. The summed E-state index contributed by atoms with van der Waals surface area (Å²) in [6, 6.07) is 15.7. The minimum Gasteiger partial charge on any atom is -0.341 e. The third-order valence-corrected chi connectivity index (χ3v) is 5.23. The fourth-order valence-electron chi connectivity index (χ4n) is 2.57. The summed E-state index contributed by atoms with van der Waals surface area (Å²) in [5.41, 5.74) is 3.26. The Kier molecular flexibility index (Phi) is 6.53. The summed E-state index contributed by atoms with van der Waals surface area (Å²) >= 11 is 7.31. The van der Waals surface area contributed by atoms with Gasteiger partial charge in [-0.05, 0) is 29.7 Å². The van der Waals surface area contributed by atoms with Crippen LogP contribution in [-0.2, 0) is 17.8 Å². The van der Waals surface area contributed by atoms with Crippen LogP contribution in [0.3, 0.4) is 0 Å². The third-order valence-electron chi connectivity index (χ3n) is 4.16. The van der Waals surface area contributed by atoms with E-state index < -0.39 is 0 Å². The van der Waals surface area contributed by atoms with Crippen molar-refractivity contribution in [2.45, 2.75) is 25.0 Å². The molecule has 1 aromatic heterocycles. The number of hydrogen-bond donors (Lipinski definition) is 1. The summed E-state index contributed by atoms with van der Waals surface area (Å²) in [6.07, 6.45) is 1.00. The van der Waals surface area contributed by atoms with Crippen LogP contribution in [0.15, 0.2) is 53.7 Å². The molecule has 3 aromatic rings. The van der Waals surface area contributed by atoms with Crippen molar-refractivity contribution in [1.82, 2.24) is 20.1 Å². The summed E-state index contributed by atoms with van der Waals surface area (Å²) in [6.45, 7) is 2.64. The Bertz CT molecular complexity index is 910.